The van der Waals surface area contributed by atoms with E-state index in [9.17, 15) is 15.0 Å². The first-order chi connectivity index (χ1) is 10.1. The zero-order valence-electron chi connectivity index (χ0n) is 12.1. The van der Waals surface area contributed by atoms with Gasteiger partial charge >= 0.3 is 5.97 Å². The molecule has 2 aromatic rings. The van der Waals surface area contributed by atoms with Gasteiger partial charge in [-0.15, -0.1) is 0 Å². The Balaban J connectivity index is 2.37. The lowest BCUT2D eigenvalue weighted by Gasteiger charge is -2.33. The Morgan fingerprint density at radius 1 is 1.05 bits per heavy atom. The lowest BCUT2D eigenvalue weighted by Crippen LogP contribution is -2.42. The summed E-state index contributed by atoms with van der Waals surface area (Å²) in [5.41, 5.74) is 0.253. The maximum atomic E-state index is 11.7. The summed E-state index contributed by atoms with van der Waals surface area (Å²) in [4.78, 5) is 11.7. The molecule has 2 aromatic carbocycles. The molecule has 0 fully saturated rings. The van der Waals surface area contributed by atoms with Crippen molar-refractivity contribution in [2.24, 2.45) is 0 Å². The van der Waals surface area contributed by atoms with E-state index >= 15 is 0 Å². The average Bonchev–Trinajstić information content (AvgIpc) is 2.49. The van der Waals surface area contributed by atoms with E-state index in [1.807, 2.05) is 43.3 Å². The Kier molecular flexibility index (Phi) is 4.76. The fourth-order valence-corrected chi connectivity index (χ4v) is 2.71. The number of hydrogen-bond donors (Lipinski definition) is 2. The van der Waals surface area contributed by atoms with Gasteiger partial charge in [0.2, 0.25) is 0 Å². The highest BCUT2D eigenvalue weighted by molar-refractivity contribution is 5.78. The van der Waals surface area contributed by atoms with Crippen LogP contribution in [0.1, 0.15) is 30.4 Å². The summed E-state index contributed by atoms with van der Waals surface area (Å²) in [5, 5.41) is 20.6. The van der Waals surface area contributed by atoms with E-state index < -0.39 is 17.5 Å². The molecule has 110 valence electrons. The van der Waals surface area contributed by atoms with Crippen molar-refractivity contribution in [3.05, 3.63) is 71.8 Å². The molecule has 0 aliphatic rings. The van der Waals surface area contributed by atoms with Crippen molar-refractivity contribution < 1.29 is 15.0 Å². The topological polar surface area (TPSA) is 57.5 Å². The van der Waals surface area contributed by atoms with E-state index in [0.717, 1.165) is 5.56 Å². The summed E-state index contributed by atoms with van der Waals surface area (Å²) < 4.78 is 0. The van der Waals surface area contributed by atoms with Crippen molar-refractivity contribution >= 4 is 5.97 Å². The number of hydrogen-bond acceptors (Lipinski definition) is 2. The molecule has 21 heavy (non-hydrogen) atoms. The van der Waals surface area contributed by atoms with Gasteiger partial charge in [-0.05, 0) is 17.5 Å². The molecule has 0 spiro atoms. The van der Waals surface area contributed by atoms with E-state index in [1.165, 1.54) is 0 Å². The lowest BCUT2D eigenvalue weighted by molar-refractivity contribution is -0.146. The maximum absolute atomic E-state index is 11.7. The zero-order valence-corrected chi connectivity index (χ0v) is 12.1. The molecule has 3 heteroatoms. The maximum Gasteiger partial charge on any atom is 0.313 e. The van der Waals surface area contributed by atoms with Crippen LogP contribution in [0.5, 0.6) is 0 Å². The van der Waals surface area contributed by atoms with Crippen LogP contribution in [0.3, 0.4) is 0 Å². The van der Waals surface area contributed by atoms with Crippen LogP contribution in [-0.2, 0) is 11.2 Å². The Bertz CT molecular complexity index is 580. The number of carboxylic acids is 1. The summed E-state index contributed by atoms with van der Waals surface area (Å²) >= 11 is 0. The van der Waals surface area contributed by atoms with Gasteiger partial charge in [0.1, 0.15) is 5.92 Å². The third-order valence-corrected chi connectivity index (χ3v) is 3.88. The van der Waals surface area contributed by atoms with E-state index in [0.29, 0.717) is 18.4 Å². The van der Waals surface area contributed by atoms with E-state index in [-0.39, 0.29) is 0 Å². The first-order valence-corrected chi connectivity index (χ1v) is 7.11. The van der Waals surface area contributed by atoms with Gasteiger partial charge in [-0.2, -0.15) is 0 Å². The van der Waals surface area contributed by atoms with Gasteiger partial charge in [0.25, 0.3) is 0 Å². The Labute approximate surface area is 124 Å². The molecule has 2 N–H and O–H groups in total. The molecule has 2 rings (SSSR count). The summed E-state index contributed by atoms with van der Waals surface area (Å²) in [6.07, 6.45) is 0.684. The number of carbonyl (C=O) groups is 1. The number of rotatable bonds is 6. The standard InChI is InChI=1S/C18H20O3/c1-2-18(21,13-14-9-5-3-6-10-14)16(17(19)20)15-11-7-4-8-12-15/h3-12,16,21H,2,13H2,1H3,(H,19,20)/t16-,18+/m1/s1. The van der Waals surface area contributed by atoms with Gasteiger partial charge in [0.05, 0.1) is 5.60 Å². The highest BCUT2D eigenvalue weighted by Crippen LogP contribution is 2.34. The van der Waals surface area contributed by atoms with Crippen LogP contribution in [-0.4, -0.2) is 21.8 Å². The summed E-state index contributed by atoms with van der Waals surface area (Å²) in [6, 6.07) is 18.4. The molecule has 0 radical (unpaired) electrons. The van der Waals surface area contributed by atoms with Crippen molar-refractivity contribution in [1.29, 1.82) is 0 Å². The van der Waals surface area contributed by atoms with Crippen LogP contribution in [0.15, 0.2) is 60.7 Å². The van der Waals surface area contributed by atoms with Gasteiger partial charge in [-0.3, -0.25) is 4.79 Å². The van der Waals surface area contributed by atoms with E-state index in [2.05, 4.69) is 0 Å². The molecule has 0 heterocycles. The second kappa shape index (κ2) is 6.55. The van der Waals surface area contributed by atoms with Crippen molar-refractivity contribution in [2.75, 3.05) is 0 Å². The Morgan fingerprint density at radius 2 is 1.57 bits per heavy atom. The first-order valence-electron chi connectivity index (χ1n) is 7.11. The fourth-order valence-electron chi connectivity index (χ4n) is 2.71. The molecule has 0 saturated carbocycles. The SMILES string of the molecule is CC[C@](O)(Cc1ccccc1)[C@@H](C(=O)O)c1ccccc1. The number of benzene rings is 2. The van der Waals surface area contributed by atoms with Crippen LogP contribution in [0.25, 0.3) is 0 Å². The lowest BCUT2D eigenvalue weighted by atomic mass is 9.76. The Morgan fingerprint density at radius 3 is 2.05 bits per heavy atom. The first kappa shape index (κ1) is 15.3. The van der Waals surface area contributed by atoms with Gasteiger partial charge in [0.15, 0.2) is 0 Å². The summed E-state index contributed by atoms with van der Waals surface area (Å²) in [6.45, 7) is 1.82. The van der Waals surface area contributed by atoms with Gasteiger partial charge < -0.3 is 10.2 Å². The minimum absolute atomic E-state index is 0.316. The quantitative estimate of drug-likeness (QED) is 0.856. The third-order valence-electron chi connectivity index (χ3n) is 3.88. The second-order valence-corrected chi connectivity index (χ2v) is 5.30. The number of carboxylic acid groups (broad SMARTS) is 1. The van der Waals surface area contributed by atoms with Crippen LogP contribution >= 0.6 is 0 Å². The minimum Gasteiger partial charge on any atom is -0.481 e. The minimum atomic E-state index is -1.31. The van der Waals surface area contributed by atoms with Crippen molar-refractivity contribution in [1.82, 2.24) is 0 Å². The number of aliphatic carboxylic acids is 1. The smallest absolute Gasteiger partial charge is 0.313 e. The van der Waals surface area contributed by atoms with Crippen LogP contribution in [0, 0.1) is 0 Å². The molecular weight excluding hydrogens is 264 g/mol. The fraction of sp³-hybridized carbons (Fsp3) is 0.278. The average molecular weight is 284 g/mol. The summed E-state index contributed by atoms with van der Waals surface area (Å²) in [5.74, 6) is -1.94. The molecule has 0 amide bonds. The Hall–Kier alpha value is -2.13. The second-order valence-electron chi connectivity index (χ2n) is 5.30. The van der Waals surface area contributed by atoms with Crippen molar-refractivity contribution in [2.45, 2.75) is 31.3 Å². The van der Waals surface area contributed by atoms with Gasteiger partial charge in [0, 0.05) is 6.42 Å². The predicted octanol–water partition coefficient (Wildman–Crippen LogP) is 3.24. The molecule has 0 bridgehead atoms. The molecule has 0 saturated heterocycles. The van der Waals surface area contributed by atoms with Crippen LogP contribution in [0.2, 0.25) is 0 Å². The highest BCUT2D eigenvalue weighted by Gasteiger charge is 2.41. The number of aliphatic hydroxyl groups is 1. The van der Waals surface area contributed by atoms with Gasteiger partial charge in [-0.1, -0.05) is 67.6 Å². The largest absolute Gasteiger partial charge is 0.481 e. The van der Waals surface area contributed by atoms with E-state index in [4.69, 9.17) is 0 Å². The third kappa shape index (κ3) is 3.50. The van der Waals surface area contributed by atoms with Crippen molar-refractivity contribution in [3.8, 4) is 0 Å². The van der Waals surface area contributed by atoms with E-state index in [1.54, 1.807) is 24.3 Å². The zero-order chi connectivity index (χ0) is 15.3. The molecule has 3 nitrogen and oxygen atoms in total. The van der Waals surface area contributed by atoms with Gasteiger partial charge in [-0.25, -0.2) is 0 Å². The monoisotopic (exact) mass is 284 g/mol. The molecule has 0 unspecified atom stereocenters. The van der Waals surface area contributed by atoms with Crippen LogP contribution < -0.4 is 0 Å². The van der Waals surface area contributed by atoms with Crippen molar-refractivity contribution in [3.63, 3.8) is 0 Å². The summed E-state index contributed by atoms with van der Waals surface area (Å²) in [7, 11) is 0. The van der Waals surface area contributed by atoms with Crippen LogP contribution in [0.4, 0.5) is 0 Å². The predicted molar refractivity (Wildman–Crippen MR) is 82.2 cm³/mol. The molecule has 2 atom stereocenters. The molecular formula is C18H20O3. The molecule has 0 aliphatic carbocycles. The highest BCUT2D eigenvalue weighted by atomic mass is 16.4. The molecule has 0 aromatic heterocycles. The normalized spacial score (nSPS) is 15.1. The molecule has 0 aliphatic heterocycles.